The molecule has 4 unspecified atom stereocenters. The number of esters is 6. The van der Waals surface area contributed by atoms with E-state index < -0.39 is 130 Å². The van der Waals surface area contributed by atoms with Gasteiger partial charge in [-0.25, -0.2) is 4.79 Å². The summed E-state index contributed by atoms with van der Waals surface area (Å²) < 4.78 is 30.6. The second-order valence-electron chi connectivity index (χ2n) is 21.9. The number of carbonyl (C=O) groups excluding carboxylic acids is 13. The summed E-state index contributed by atoms with van der Waals surface area (Å²) in [4.78, 5) is 183. The molecular formula is C63H71N7O21S. The molecular weight excluding hydrogens is 1220 g/mol. The largest absolute Gasteiger partial charge is 0.480 e. The van der Waals surface area contributed by atoms with Gasteiger partial charge in [0.25, 0.3) is 17.7 Å². The third kappa shape index (κ3) is 19.2. The van der Waals surface area contributed by atoms with Gasteiger partial charge in [0.2, 0.25) is 23.6 Å². The number of fused-ring (bicyclic) bond motifs is 1. The highest BCUT2D eigenvalue weighted by Gasteiger charge is 2.64. The third-order valence-electron chi connectivity index (χ3n) is 14.2. The number of amides is 7. The topological polar surface area (TPSA) is 390 Å². The number of carboxylic acid groups (broad SMARTS) is 1. The van der Waals surface area contributed by atoms with Crippen molar-refractivity contribution in [3.63, 3.8) is 0 Å². The molecule has 4 atom stereocenters. The lowest BCUT2D eigenvalue weighted by Crippen LogP contribution is -2.71. The van der Waals surface area contributed by atoms with Crippen LogP contribution >= 0.6 is 11.8 Å². The molecule has 0 radical (unpaired) electrons. The number of para-hydroxylation sites is 3. The Balaban J connectivity index is 1.27. The second kappa shape index (κ2) is 32.0. The molecule has 2 aliphatic rings. The van der Waals surface area contributed by atoms with Gasteiger partial charge in [0.15, 0.2) is 34.5 Å². The Kier molecular flexibility index (Phi) is 24.7. The first-order valence-electron chi connectivity index (χ1n) is 29.0. The molecule has 2 heterocycles. The zero-order valence-electron chi connectivity index (χ0n) is 51.6. The number of carboxylic acids is 1. The zero-order chi connectivity index (χ0) is 67.6. The standard InChI is InChI=1S/C63H71N7O21S/c1-34(71)86-44-23-12-20-41(51(44)89-37(4)74)55(79)64-31-15-28-63(29-16-32-65-56(80)42-21-13-24-45(87-35(2)72)52(42)90-38(5)75,30-17-33-66-57(81)43-22-14-25-46(88-36(3)73)53(43)91-39(6)76)69-48(78)27-26-47(77)67-49(40-18-10-9-11-19-40)58(82)68-50-59(83)70-54(61(84)85)62(7,8)92-60(50)70/h9-14,18-25,49-50,54,60H,15-17,26-33H2,1-8H3,(H,64,79)(H,65,80)(H,66,81)(H,67,77)(H,68,82)(H,69,78)(H,84,85). The highest BCUT2D eigenvalue weighted by molar-refractivity contribution is 8.01. The van der Waals surface area contributed by atoms with Crippen molar-refractivity contribution >= 4 is 94.9 Å². The summed E-state index contributed by atoms with van der Waals surface area (Å²) >= 11 is 1.21. The number of thioether (sulfide) groups is 1. The fraction of sp³-hybridized carbons (Fsp3) is 0.397. The molecule has 0 aliphatic carbocycles. The average molecular weight is 1290 g/mol. The normalized spacial score (nSPS) is 15.5. The Morgan fingerprint density at radius 2 is 0.913 bits per heavy atom. The van der Waals surface area contributed by atoms with Crippen LogP contribution in [0.5, 0.6) is 34.5 Å². The number of nitrogens with zero attached hydrogens (tertiary/aromatic N) is 1. The molecule has 28 nitrogen and oxygen atoms in total. The van der Waals surface area contributed by atoms with Crippen molar-refractivity contribution in [2.75, 3.05) is 19.6 Å². The molecule has 6 rings (SSSR count). The number of nitrogens with one attached hydrogen (secondary N) is 6. The van der Waals surface area contributed by atoms with Crippen molar-refractivity contribution in [1.82, 2.24) is 36.8 Å². The number of benzene rings is 4. The first-order chi connectivity index (χ1) is 43.5. The van der Waals surface area contributed by atoms with Crippen LogP contribution in [0.25, 0.3) is 0 Å². The lowest BCUT2D eigenvalue weighted by atomic mass is 9.83. The highest BCUT2D eigenvalue weighted by Crippen LogP contribution is 2.51. The number of hydrogen-bond acceptors (Lipinski definition) is 21. The summed E-state index contributed by atoms with van der Waals surface area (Å²) in [6, 6.07) is 16.6. The van der Waals surface area contributed by atoms with Gasteiger partial charge in [-0.15, -0.1) is 11.8 Å². The Morgan fingerprint density at radius 1 is 0.533 bits per heavy atom. The first kappa shape index (κ1) is 70.9. The molecule has 0 spiro atoms. The van der Waals surface area contributed by atoms with Crippen molar-refractivity contribution in [3.8, 4) is 34.5 Å². The summed E-state index contributed by atoms with van der Waals surface area (Å²) in [6.07, 6.45) is -0.620. The van der Waals surface area contributed by atoms with E-state index in [0.29, 0.717) is 5.56 Å². The minimum absolute atomic E-state index is 0.0384. The molecule has 7 N–H and O–H groups in total. The van der Waals surface area contributed by atoms with Crippen LogP contribution < -0.4 is 60.3 Å². The molecule has 29 heteroatoms. The SMILES string of the molecule is CC(=O)Oc1cccc(C(=O)NCCCC(CCCNC(=O)c2cccc(OC(C)=O)c2OC(C)=O)(CCCNC(=O)c2cccc(OC(C)=O)c2OC(C)=O)NC(=O)CCC(=O)NC(C(=O)NC2C(=O)N3C2SC(C)(C)C3C(=O)O)c2ccccc2)c1OC(C)=O. The molecule has 0 bridgehead atoms. The zero-order valence-corrected chi connectivity index (χ0v) is 52.5. The monoisotopic (exact) mass is 1290 g/mol. The quantitative estimate of drug-likeness (QED) is 0.0166. The molecule has 92 heavy (non-hydrogen) atoms. The molecule has 490 valence electrons. The third-order valence-corrected chi connectivity index (χ3v) is 15.8. The van der Waals surface area contributed by atoms with Crippen molar-refractivity contribution in [2.24, 2.45) is 0 Å². The minimum atomic E-state index is -1.39. The van der Waals surface area contributed by atoms with Gasteiger partial charge in [0.05, 0.1) is 16.7 Å². The molecule has 4 aromatic rings. The number of ether oxygens (including phenoxy) is 6. The predicted octanol–water partition coefficient (Wildman–Crippen LogP) is 4.29. The van der Waals surface area contributed by atoms with E-state index in [1.165, 1.54) is 71.3 Å². The van der Waals surface area contributed by atoms with Gasteiger partial charge in [0, 0.05) is 84.3 Å². The number of aliphatic carboxylic acids is 1. The summed E-state index contributed by atoms with van der Waals surface area (Å²) in [5.41, 5.74) is -1.53. The lowest BCUT2D eigenvalue weighted by Gasteiger charge is -2.44. The van der Waals surface area contributed by atoms with Crippen molar-refractivity contribution in [3.05, 3.63) is 107 Å². The van der Waals surface area contributed by atoms with Gasteiger partial charge in [-0.3, -0.25) is 62.3 Å². The molecule has 0 saturated carbocycles. The maximum absolute atomic E-state index is 14.5. The lowest BCUT2D eigenvalue weighted by molar-refractivity contribution is -0.161. The van der Waals surface area contributed by atoms with E-state index in [4.69, 9.17) is 28.4 Å². The van der Waals surface area contributed by atoms with E-state index in [1.807, 2.05) is 0 Å². The fourth-order valence-corrected chi connectivity index (χ4v) is 12.0. The maximum atomic E-state index is 14.5. The van der Waals surface area contributed by atoms with Crippen molar-refractivity contribution in [1.29, 1.82) is 0 Å². The van der Waals surface area contributed by atoms with Gasteiger partial charge < -0.3 is 70.3 Å². The van der Waals surface area contributed by atoms with Crippen LogP contribution in [-0.2, 0) is 52.7 Å². The first-order valence-corrected chi connectivity index (χ1v) is 29.9. The Hall–Kier alpha value is -10.2. The van der Waals surface area contributed by atoms with Crippen LogP contribution in [0, 0.1) is 0 Å². The number of hydrogen-bond donors (Lipinski definition) is 7. The number of β-lactam (4-membered cyclic amide) rings is 1. The molecule has 7 amide bonds. The number of carbonyl (C=O) groups is 14. The van der Waals surface area contributed by atoms with E-state index in [2.05, 4.69) is 31.9 Å². The van der Waals surface area contributed by atoms with Crippen molar-refractivity contribution < 1.29 is 101 Å². The number of rotatable bonds is 30. The Labute approximate surface area is 532 Å². The molecule has 0 aromatic heterocycles. The second-order valence-corrected chi connectivity index (χ2v) is 23.6. The van der Waals surface area contributed by atoms with E-state index in [0.717, 1.165) is 41.5 Å². The van der Waals surface area contributed by atoms with E-state index in [9.17, 15) is 72.2 Å². The van der Waals surface area contributed by atoms with Crippen LogP contribution in [0.3, 0.4) is 0 Å². The summed E-state index contributed by atoms with van der Waals surface area (Å²) in [5, 5.41) is 25.9. The highest BCUT2D eigenvalue weighted by atomic mass is 32.2. The maximum Gasteiger partial charge on any atom is 0.327 e. The van der Waals surface area contributed by atoms with Crippen molar-refractivity contribution in [2.45, 2.75) is 141 Å². The smallest absolute Gasteiger partial charge is 0.327 e. The average Bonchev–Trinajstić information content (AvgIpc) is 1.55. The van der Waals surface area contributed by atoms with Crippen LogP contribution in [0.1, 0.15) is 149 Å². The Morgan fingerprint density at radius 3 is 1.28 bits per heavy atom. The molecule has 2 saturated heterocycles. The molecule has 4 aromatic carbocycles. The van der Waals surface area contributed by atoms with E-state index in [-0.39, 0.29) is 109 Å². The van der Waals surface area contributed by atoms with Crippen LogP contribution in [0.4, 0.5) is 0 Å². The molecule has 2 fully saturated rings. The van der Waals surface area contributed by atoms with Gasteiger partial charge >= 0.3 is 41.8 Å². The summed E-state index contributed by atoms with van der Waals surface area (Å²) in [7, 11) is 0. The van der Waals surface area contributed by atoms with Crippen LogP contribution in [0.2, 0.25) is 0 Å². The van der Waals surface area contributed by atoms with Gasteiger partial charge in [0.1, 0.15) is 23.5 Å². The van der Waals surface area contributed by atoms with Gasteiger partial charge in [-0.1, -0.05) is 48.5 Å². The van der Waals surface area contributed by atoms with Crippen LogP contribution in [-0.4, -0.2) is 141 Å². The predicted molar refractivity (Wildman–Crippen MR) is 325 cm³/mol. The molecule has 2 aliphatic heterocycles. The van der Waals surface area contributed by atoms with Gasteiger partial charge in [-0.2, -0.15) is 0 Å². The minimum Gasteiger partial charge on any atom is -0.480 e. The van der Waals surface area contributed by atoms with Crippen LogP contribution in [0.15, 0.2) is 84.9 Å². The fourth-order valence-electron chi connectivity index (χ4n) is 10.4. The summed E-state index contributed by atoms with van der Waals surface area (Å²) in [6.45, 7) is 9.63. The van der Waals surface area contributed by atoms with E-state index in [1.54, 1.807) is 44.2 Å². The Bertz CT molecular complexity index is 3300. The summed E-state index contributed by atoms with van der Waals surface area (Å²) in [5.74, 6) is -12.7. The van der Waals surface area contributed by atoms with Gasteiger partial charge in [-0.05, 0) is 94.3 Å². The van der Waals surface area contributed by atoms with E-state index >= 15 is 0 Å².